The van der Waals surface area contributed by atoms with Crippen molar-refractivity contribution in [3.05, 3.63) is 35.9 Å². The van der Waals surface area contributed by atoms with Crippen molar-refractivity contribution in [2.24, 2.45) is 5.92 Å². The maximum Gasteiger partial charge on any atom is 0.240 e. The summed E-state index contributed by atoms with van der Waals surface area (Å²) in [6, 6.07) is 10.6. The molecule has 0 unspecified atom stereocenters. The molecular formula is C23H35N3O2. The van der Waals surface area contributed by atoms with Crippen molar-refractivity contribution in [1.29, 1.82) is 0 Å². The molecule has 1 N–H and O–H groups in total. The van der Waals surface area contributed by atoms with E-state index in [1.807, 2.05) is 37.3 Å². The molecule has 5 heteroatoms. The zero-order chi connectivity index (χ0) is 20.1. The third-order valence-electron chi connectivity index (χ3n) is 6.56. The van der Waals surface area contributed by atoms with Gasteiger partial charge < -0.3 is 10.2 Å². The van der Waals surface area contributed by atoms with Crippen molar-refractivity contribution in [3.8, 4) is 0 Å². The molecule has 154 valence electrons. The molecule has 0 spiro atoms. The average Bonchev–Trinajstić information content (AvgIpc) is 2.72. The lowest BCUT2D eigenvalue weighted by atomic mass is 9.93. The van der Waals surface area contributed by atoms with Crippen LogP contribution in [-0.2, 0) is 16.1 Å². The van der Waals surface area contributed by atoms with Gasteiger partial charge in [0.05, 0.1) is 6.04 Å². The summed E-state index contributed by atoms with van der Waals surface area (Å²) >= 11 is 0. The molecule has 1 aromatic carbocycles. The van der Waals surface area contributed by atoms with Gasteiger partial charge in [0.1, 0.15) is 0 Å². The molecule has 2 heterocycles. The minimum Gasteiger partial charge on any atom is -0.352 e. The number of amides is 2. The molecule has 3 rings (SSSR count). The number of nitrogens with one attached hydrogen (secondary N) is 1. The van der Waals surface area contributed by atoms with Crippen LogP contribution in [0.2, 0.25) is 0 Å². The van der Waals surface area contributed by atoms with Crippen LogP contribution in [0.5, 0.6) is 0 Å². The van der Waals surface area contributed by atoms with Gasteiger partial charge in [0, 0.05) is 24.5 Å². The molecule has 2 saturated heterocycles. The number of hydrogen-bond acceptors (Lipinski definition) is 3. The molecule has 5 nitrogen and oxygen atoms in total. The summed E-state index contributed by atoms with van der Waals surface area (Å²) in [4.78, 5) is 30.0. The van der Waals surface area contributed by atoms with Crippen LogP contribution in [0, 0.1) is 5.92 Å². The summed E-state index contributed by atoms with van der Waals surface area (Å²) < 4.78 is 0. The van der Waals surface area contributed by atoms with Crippen LogP contribution in [0.3, 0.4) is 0 Å². The zero-order valence-electron chi connectivity index (χ0n) is 17.6. The van der Waals surface area contributed by atoms with E-state index in [0.29, 0.717) is 18.6 Å². The lowest BCUT2D eigenvalue weighted by Crippen LogP contribution is -2.56. The quantitative estimate of drug-likeness (QED) is 0.847. The number of piperidine rings is 2. The van der Waals surface area contributed by atoms with Crippen molar-refractivity contribution in [2.75, 3.05) is 13.1 Å². The van der Waals surface area contributed by atoms with Crippen molar-refractivity contribution >= 4 is 11.8 Å². The first-order valence-corrected chi connectivity index (χ1v) is 10.8. The van der Waals surface area contributed by atoms with Gasteiger partial charge in [-0.3, -0.25) is 14.5 Å². The Balaban J connectivity index is 1.47. The number of likely N-dealkylation sites (tertiary alicyclic amines) is 2. The van der Waals surface area contributed by atoms with Gasteiger partial charge in [-0.2, -0.15) is 0 Å². The van der Waals surface area contributed by atoms with Crippen molar-refractivity contribution in [1.82, 2.24) is 15.1 Å². The maximum absolute atomic E-state index is 13.1. The van der Waals surface area contributed by atoms with Crippen LogP contribution in [0.4, 0.5) is 0 Å². The van der Waals surface area contributed by atoms with Gasteiger partial charge in [-0.15, -0.1) is 0 Å². The number of carbonyl (C=O) groups excluding carboxylic acids is 2. The Morgan fingerprint density at radius 2 is 1.64 bits per heavy atom. The summed E-state index contributed by atoms with van der Waals surface area (Å²) in [6.45, 7) is 8.58. The highest BCUT2D eigenvalue weighted by atomic mass is 16.2. The minimum absolute atomic E-state index is 0.0510. The largest absolute Gasteiger partial charge is 0.352 e. The second-order valence-corrected chi connectivity index (χ2v) is 8.56. The van der Waals surface area contributed by atoms with Crippen LogP contribution in [0.25, 0.3) is 0 Å². The topological polar surface area (TPSA) is 52.7 Å². The van der Waals surface area contributed by atoms with Gasteiger partial charge in [-0.05, 0) is 71.5 Å². The second-order valence-electron chi connectivity index (χ2n) is 8.56. The highest BCUT2D eigenvalue weighted by molar-refractivity contribution is 5.82. The van der Waals surface area contributed by atoms with Crippen molar-refractivity contribution < 1.29 is 9.59 Å². The van der Waals surface area contributed by atoms with Gasteiger partial charge in [0.25, 0.3) is 0 Å². The monoisotopic (exact) mass is 385 g/mol. The van der Waals surface area contributed by atoms with E-state index in [9.17, 15) is 9.59 Å². The number of carbonyl (C=O) groups is 2. The van der Waals surface area contributed by atoms with Gasteiger partial charge >= 0.3 is 0 Å². The fourth-order valence-corrected chi connectivity index (χ4v) is 4.71. The van der Waals surface area contributed by atoms with E-state index in [1.54, 1.807) is 0 Å². The first kappa shape index (κ1) is 20.8. The first-order chi connectivity index (χ1) is 13.5. The Morgan fingerprint density at radius 3 is 2.25 bits per heavy atom. The lowest BCUT2D eigenvalue weighted by Gasteiger charge is -2.43. The van der Waals surface area contributed by atoms with E-state index in [4.69, 9.17) is 0 Å². The van der Waals surface area contributed by atoms with Crippen LogP contribution in [-0.4, -0.2) is 52.8 Å². The number of benzene rings is 1. The summed E-state index contributed by atoms with van der Waals surface area (Å²) in [5.41, 5.74) is 1.12. The fraction of sp³-hybridized carbons (Fsp3) is 0.652. The van der Waals surface area contributed by atoms with E-state index in [1.165, 1.54) is 6.42 Å². The Kier molecular flexibility index (Phi) is 7.11. The molecule has 2 fully saturated rings. The van der Waals surface area contributed by atoms with Gasteiger partial charge in [-0.25, -0.2) is 0 Å². The van der Waals surface area contributed by atoms with E-state index in [2.05, 4.69) is 29.0 Å². The van der Waals surface area contributed by atoms with Crippen LogP contribution >= 0.6 is 0 Å². The molecule has 0 bridgehead atoms. The van der Waals surface area contributed by atoms with Crippen LogP contribution < -0.4 is 5.32 Å². The second kappa shape index (κ2) is 9.55. The molecule has 0 aliphatic carbocycles. The molecule has 0 saturated carbocycles. The predicted molar refractivity (Wildman–Crippen MR) is 112 cm³/mol. The summed E-state index contributed by atoms with van der Waals surface area (Å²) in [5.74, 6) is 0.447. The maximum atomic E-state index is 13.1. The molecule has 0 aromatic heterocycles. The molecule has 28 heavy (non-hydrogen) atoms. The number of hydrogen-bond donors (Lipinski definition) is 1. The Labute approximate surface area is 169 Å². The molecule has 2 amide bonds. The lowest BCUT2D eigenvalue weighted by molar-refractivity contribution is -0.143. The Morgan fingerprint density at radius 1 is 1.04 bits per heavy atom. The zero-order valence-corrected chi connectivity index (χ0v) is 17.6. The molecule has 1 aromatic rings. The standard InChI is InChI=1S/C23H35N3O2/c1-17-8-7-9-18(2)26(17)23(28)19(3)25-14-12-21(13-15-25)22(27)24-16-20-10-5-4-6-11-20/h4-6,10-11,17-19,21H,7-9,12-16H2,1-3H3,(H,24,27)/t17-,18+,19-/m0/s1. The Hall–Kier alpha value is -1.88. The highest BCUT2D eigenvalue weighted by Gasteiger charge is 2.35. The molecule has 3 atom stereocenters. The first-order valence-electron chi connectivity index (χ1n) is 10.8. The molecule has 2 aliphatic rings. The van der Waals surface area contributed by atoms with Crippen molar-refractivity contribution in [3.63, 3.8) is 0 Å². The van der Waals surface area contributed by atoms with Gasteiger partial charge in [0.15, 0.2) is 0 Å². The fourth-order valence-electron chi connectivity index (χ4n) is 4.71. The van der Waals surface area contributed by atoms with E-state index < -0.39 is 0 Å². The summed E-state index contributed by atoms with van der Waals surface area (Å²) in [6.07, 6.45) is 5.07. The SMILES string of the molecule is C[C@@H]1CCC[C@H](C)N1C(=O)[C@H](C)N1CCC(C(=O)NCc2ccccc2)CC1. The average molecular weight is 386 g/mol. The number of nitrogens with zero attached hydrogens (tertiary/aromatic N) is 2. The Bertz CT molecular complexity index is 645. The number of rotatable bonds is 5. The normalized spacial score (nSPS) is 25.3. The smallest absolute Gasteiger partial charge is 0.240 e. The highest BCUT2D eigenvalue weighted by Crippen LogP contribution is 2.26. The third-order valence-corrected chi connectivity index (χ3v) is 6.56. The summed E-state index contributed by atoms with van der Waals surface area (Å²) in [5, 5.41) is 3.07. The van der Waals surface area contributed by atoms with E-state index in [-0.39, 0.29) is 23.8 Å². The third kappa shape index (κ3) is 4.93. The minimum atomic E-state index is -0.101. The van der Waals surface area contributed by atoms with E-state index >= 15 is 0 Å². The van der Waals surface area contributed by atoms with Crippen molar-refractivity contribution in [2.45, 2.75) is 77.5 Å². The van der Waals surface area contributed by atoms with Crippen LogP contribution in [0.15, 0.2) is 30.3 Å². The van der Waals surface area contributed by atoms with E-state index in [0.717, 1.165) is 44.3 Å². The molecule has 2 aliphatic heterocycles. The molecular weight excluding hydrogens is 350 g/mol. The van der Waals surface area contributed by atoms with Crippen LogP contribution in [0.1, 0.15) is 58.4 Å². The molecule has 0 radical (unpaired) electrons. The summed E-state index contributed by atoms with van der Waals surface area (Å²) in [7, 11) is 0. The van der Waals surface area contributed by atoms with Gasteiger partial charge in [0.2, 0.25) is 11.8 Å². The van der Waals surface area contributed by atoms with Gasteiger partial charge in [-0.1, -0.05) is 30.3 Å². The predicted octanol–water partition coefficient (Wildman–Crippen LogP) is 3.19.